The number of hydrogen-bond acceptors (Lipinski definition) is 1. The molecule has 5 heteroatoms. The number of hydrogen-bond donors (Lipinski definition) is 0. The first-order valence-electron chi connectivity index (χ1n) is 5.71. The van der Waals surface area contributed by atoms with Crippen LogP contribution in [0.3, 0.4) is 0 Å². The monoisotopic (exact) mass is 302 g/mol. The summed E-state index contributed by atoms with van der Waals surface area (Å²) in [7, 11) is 0. The highest BCUT2D eigenvalue weighted by Gasteiger charge is 2.09. The van der Waals surface area contributed by atoms with Crippen molar-refractivity contribution in [2.45, 2.75) is 25.3 Å². The molecular weight excluding hydrogens is 291 g/mol. The molecule has 0 radical (unpaired) electrons. The molecule has 1 unspecified atom stereocenters. The summed E-state index contributed by atoms with van der Waals surface area (Å²) in [4.78, 5) is 0. The first-order valence-corrected chi connectivity index (χ1v) is 6.90. The fourth-order valence-corrected chi connectivity index (χ4v) is 2.20. The number of benzene rings is 1. The molecule has 18 heavy (non-hydrogen) atoms. The van der Waals surface area contributed by atoms with Gasteiger partial charge in [0.2, 0.25) is 0 Å². The van der Waals surface area contributed by atoms with Crippen LogP contribution in [-0.2, 0) is 6.54 Å². The van der Waals surface area contributed by atoms with Crippen LogP contribution in [0.2, 0.25) is 10.0 Å². The van der Waals surface area contributed by atoms with Crippen molar-refractivity contribution >= 4 is 34.8 Å². The van der Waals surface area contributed by atoms with E-state index in [1.807, 2.05) is 29.9 Å². The van der Waals surface area contributed by atoms with E-state index in [1.54, 1.807) is 12.3 Å². The molecule has 0 fully saturated rings. The first kappa shape index (κ1) is 13.7. The van der Waals surface area contributed by atoms with Crippen molar-refractivity contribution in [2.75, 3.05) is 0 Å². The van der Waals surface area contributed by atoms with Gasteiger partial charge >= 0.3 is 0 Å². The fraction of sp³-hybridized carbons (Fsp3) is 0.308. The Morgan fingerprint density at radius 2 is 2.11 bits per heavy atom. The Kier molecular flexibility index (Phi) is 4.55. The number of aromatic nitrogens is 2. The number of rotatable bonds is 4. The first-order chi connectivity index (χ1) is 8.61. The summed E-state index contributed by atoms with van der Waals surface area (Å²) in [6.45, 7) is 2.63. The summed E-state index contributed by atoms with van der Waals surface area (Å²) < 4.78 is 1.82. The highest BCUT2D eigenvalue weighted by atomic mass is 35.5. The zero-order valence-electron chi connectivity index (χ0n) is 9.91. The van der Waals surface area contributed by atoms with Gasteiger partial charge in [0.15, 0.2) is 0 Å². The SMILES string of the molecule is CCC(Cl)c1cnn(Cc2cccc(Cl)c2Cl)c1. The number of halogens is 3. The number of alkyl halides is 1. The predicted molar refractivity (Wildman–Crippen MR) is 76.7 cm³/mol. The van der Waals surface area contributed by atoms with E-state index in [0.29, 0.717) is 16.6 Å². The van der Waals surface area contributed by atoms with Crippen LogP contribution in [0.5, 0.6) is 0 Å². The van der Waals surface area contributed by atoms with Gasteiger partial charge in [-0.05, 0) is 18.1 Å². The molecule has 0 amide bonds. The van der Waals surface area contributed by atoms with Gasteiger partial charge in [0.1, 0.15) is 0 Å². The lowest BCUT2D eigenvalue weighted by Gasteiger charge is -2.06. The van der Waals surface area contributed by atoms with Crippen molar-refractivity contribution in [1.82, 2.24) is 9.78 Å². The molecule has 0 N–H and O–H groups in total. The van der Waals surface area contributed by atoms with Crippen molar-refractivity contribution in [3.05, 3.63) is 51.8 Å². The minimum Gasteiger partial charge on any atom is -0.268 e. The third-order valence-corrected chi connectivity index (χ3v) is 4.16. The van der Waals surface area contributed by atoms with E-state index in [9.17, 15) is 0 Å². The van der Waals surface area contributed by atoms with Gasteiger partial charge in [-0.25, -0.2) is 0 Å². The Morgan fingerprint density at radius 3 is 2.83 bits per heavy atom. The summed E-state index contributed by atoms with van der Waals surface area (Å²) in [6.07, 6.45) is 4.61. The zero-order valence-corrected chi connectivity index (χ0v) is 12.2. The molecule has 2 aromatic rings. The summed E-state index contributed by atoms with van der Waals surface area (Å²) in [5.74, 6) is 0. The van der Waals surface area contributed by atoms with Crippen LogP contribution >= 0.6 is 34.8 Å². The van der Waals surface area contributed by atoms with Crippen molar-refractivity contribution < 1.29 is 0 Å². The molecule has 1 atom stereocenters. The molecule has 0 saturated carbocycles. The van der Waals surface area contributed by atoms with Gasteiger partial charge in [-0.3, -0.25) is 4.68 Å². The molecule has 96 valence electrons. The lowest BCUT2D eigenvalue weighted by Crippen LogP contribution is -2.00. The standard InChI is InChI=1S/C13H13Cl3N2/c1-2-11(14)10-6-17-18(8-10)7-9-4-3-5-12(15)13(9)16/h3-6,8,11H,2,7H2,1H3. The molecule has 2 rings (SSSR count). The minimum absolute atomic E-state index is 0.00795. The molecule has 0 aliphatic rings. The van der Waals surface area contributed by atoms with Crippen molar-refractivity contribution in [1.29, 1.82) is 0 Å². The Hall–Kier alpha value is -0.700. The molecule has 0 saturated heterocycles. The molecule has 1 aromatic heterocycles. The van der Waals surface area contributed by atoms with Crippen LogP contribution < -0.4 is 0 Å². The van der Waals surface area contributed by atoms with Crippen molar-refractivity contribution in [3.8, 4) is 0 Å². The van der Waals surface area contributed by atoms with Crippen LogP contribution in [0.1, 0.15) is 29.8 Å². The van der Waals surface area contributed by atoms with E-state index >= 15 is 0 Å². The Morgan fingerprint density at radius 1 is 1.33 bits per heavy atom. The smallest absolute Gasteiger partial charge is 0.0674 e. The Bertz CT molecular complexity index is 537. The molecular formula is C13H13Cl3N2. The van der Waals surface area contributed by atoms with Crippen molar-refractivity contribution in [2.24, 2.45) is 0 Å². The molecule has 0 bridgehead atoms. The summed E-state index contributed by atoms with van der Waals surface area (Å²) in [5, 5.41) is 5.43. The van der Waals surface area contributed by atoms with Crippen molar-refractivity contribution in [3.63, 3.8) is 0 Å². The predicted octanol–water partition coefficient (Wildman–Crippen LogP) is 4.93. The van der Waals surface area contributed by atoms with E-state index < -0.39 is 0 Å². The Balaban J connectivity index is 2.19. The third kappa shape index (κ3) is 3.00. The van der Waals surface area contributed by atoms with Gasteiger partial charge in [0.25, 0.3) is 0 Å². The van der Waals surface area contributed by atoms with Crippen LogP contribution in [0.4, 0.5) is 0 Å². The molecule has 0 aliphatic carbocycles. The van der Waals surface area contributed by atoms with Crippen LogP contribution in [0, 0.1) is 0 Å². The van der Waals surface area contributed by atoms with Crippen LogP contribution in [0.25, 0.3) is 0 Å². The lowest BCUT2D eigenvalue weighted by molar-refractivity contribution is 0.686. The molecule has 0 aliphatic heterocycles. The summed E-state index contributed by atoms with van der Waals surface area (Å²) >= 11 is 18.3. The second kappa shape index (κ2) is 5.96. The second-order valence-electron chi connectivity index (χ2n) is 4.06. The quantitative estimate of drug-likeness (QED) is 0.732. The largest absolute Gasteiger partial charge is 0.268 e. The van der Waals surface area contributed by atoms with E-state index in [1.165, 1.54) is 0 Å². The molecule has 1 heterocycles. The summed E-state index contributed by atoms with van der Waals surface area (Å²) in [6, 6.07) is 5.59. The molecule has 0 spiro atoms. The van der Waals surface area contributed by atoms with Gasteiger partial charge in [-0.1, -0.05) is 42.3 Å². The lowest BCUT2D eigenvalue weighted by atomic mass is 10.2. The van der Waals surface area contributed by atoms with E-state index in [2.05, 4.69) is 5.10 Å². The normalized spacial score (nSPS) is 12.7. The van der Waals surface area contributed by atoms with Gasteiger partial charge in [-0.15, -0.1) is 11.6 Å². The van der Waals surface area contributed by atoms with Crippen LogP contribution in [-0.4, -0.2) is 9.78 Å². The third-order valence-electron chi connectivity index (χ3n) is 2.74. The van der Waals surface area contributed by atoms with E-state index in [-0.39, 0.29) is 5.38 Å². The van der Waals surface area contributed by atoms with Gasteiger partial charge < -0.3 is 0 Å². The fourth-order valence-electron chi connectivity index (χ4n) is 1.71. The van der Waals surface area contributed by atoms with Gasteiger partial charge in [0, 0.05) is 11.8 Å². The van der Waals surface area contributed by atoms with Gasteiger partial charge in [0.05, 0.1) is 28.2 Å². The summed E-state index contributed by atoms with van der Waals surface area (Å²) in [5.41, 5.74) is 1.97. The van der Waals surface area contributed by atoms with E-state index in [0.717, 1.165) is 17.5 Å². The highest BCUT2D eigenvalue weighted by molar-refractivity contribution is 6.42. The van der Waals surface area contributed by atoms with Gasteiger partial charge in [-0.2, -0.15) is 5.10 Å². The Labute approximate surface area is 121 Å². The maximum Gasteiger partial charge on any atom is 0.0674 e. The van der Waals surface area contributed by atoms with Crippen LogP contribution in [0.15, 0.2) is 30.6 Å². The zero-order chi connectivity index (χ0) is 13.1. The average molecular weight is 304 g/mol. The topological polar surface area (TPSA) is 17.8 Å². The molecule has 1 aromatic carbocycles. The molecule has 2 nitrogen and oxygen atoms in total. The average Bonchev–Trinajstić information content (AvgIpc) is 2.82. The highest BCUT2D eigenvalue weighted by Crippen LogP contribution is 2.27. The maximum atomic E-state index is 6.16. The minimum atomic E-state index is 0.00795. The van der Waals surface area contributed by atoms with E-state index in [4.69, 9.17) is 34.8 Å². The maximum absolute atomic E-state index is 6.16. The second-order valence-corrected chi connectivity index (χ2v) is 5.37. The number of nitrogens with zero attached hydrogens (tertiary/aromatic N) is 2.